The number of rotatable bonds is 11. The van der Waals surface area contributed by atoms with Crippen LogP contribution in [0.15, 0.2) is 111 Å². The van der Waals surface area contributed by atoms with Gasteiger partial charge < -0.3 is 28.3 Å². The van der Waals surface area contributed by atoms with Gasteiger partial charge in [0.15, 0.2) is 17.3 Å². The van der Waals surface area contributed by atoms with Crippen molar-refractivity contribution in [1.29, 1.82) is 0 Å². The molecule has 0 bridgehead atoms. The predicted molar refractivity (Wildman–Crippen MR) is 185 cm³/mol. The fraction of sp³-hybridized carbons (Fsp3) is 0.194. The highest BCUT2D eigenvalue weighted by Crippen LogP contribution is 2.36. The Morgan fingerprint density at radius 3 is 1.68 bits per heavy atom. The molecule has 0 N–H and O–H groups in total. The van der Waals surface area contributed by atoms with E-state index in [2.05, 4.69) is 0 Å². The second-order valence-corrected chi connectivity index (χ2v) is 15.0. The molecule has 1 aliphatic rings. The third-order valence-electron chi connectivity index (χ3n) is 8.34. The van der Waals surface area contributed by atoms with Crippen LogP contribution >= 0.6 is 0 Å². The third-order valence-corrected chi connectivity index (χ3v) is 12.5. The van der Waals surface area contributed by atoms with Crippen molar-refractivity contribution in [2.24, 2.45) is 0 Å². The van der Waals surface area contributed by atoms with Crippen molar-refractivity contribution in [2.75, 3.05) is 38.7 Å². The predicted octanol–water partition coefficient (Wildman–Crippen LogP) is 5.76. The standard InChI is InChI=1S/C36H34N2O10S2/c1-44-28-9-13-30(14-10-28)49(40,41)38(50(42,43)31-15-11-29(45-2)12-16-31)27-7-5-24(6-8-27)32-17-18-33(48-32)36(39)37-20-19-25-21-34(46-3)35(47-4)22-26(25)23-37/h5-18,21-22H,19-20,23H2,1-4H3. The van der Waals surface area contributed by atoms with E-state index in [0.29, 0.717) is 57.5 Å². The molecule has 0 saturated heterocycles. The molecule has 5 aromatic rings. The van der Waals surface area contributed by atoms with Crippen LogP contribution in [-0.4, -0.2) is 62.6 Å². The normalized spacial score (nSPS) is 12.9. The Bertz CT molecular complexity index is 2150. The Hall–Kier alpha value is -5.47. The van der Waals surface area contributed by atoms with Crippen molar-refractivity contribution in [1.82, 2.24) is 4.90 Å². The van der Waals surface area contributed by atoms with Gasteiger partial charge in [-0.3, -0.25) is 4.79 Å². The van der Waals surface area contributed by atoms with E-state index in [4.69, 9.17) is 23.4 Å². The quantitative estimate of drug-likeness (QED) is 0.165. The molecule has 260 valence electrons. The van der Waals surface area contributed by atoms with Gasteiger partial charge in [-0.05, 0) is 115 Å². The van der Waals surface area contributed by atoms with Crippen LogP contribution in [0.3, 0.4) is 0 Å². The third kappa shape index (κ3) is 6.46. The summed E-state index contributed by atoms with van der Waals surface area (Å²) in [5, 5.41) is 0. The number of benzene rings is 4. The molecule has 12 nitrogen and oxygen atoms in total. The van der Waals surface area contributed by atoms with Gasteiger partial charge in [-0.25, -0.2) is 16.8 Å². The maximum absolute atomic E-state index is 14.0. The molecule has 1 aliphatic heterocycles. The van der Waals surface area contributed by atoms with Gasteiger partial charge in [-0.15, -0.1) is 0 Å². The minimum atomic E-state index is -4.66. The van der Waals surface area contributed by atoms with Gasteiger partial charge in [-0.1, -0.05) is 0 Å². The Balaban J connectivity index is 1.29. The van der Waals surface area contributed by atoms with Crippen LogP contribution in [0, 0.1) is 0 Å². The van der Waals surface area contributed by atoms with Crippen LogP contribution in [0.25, 0.3) is 11.3 Å². The second kappa shape index (κ2) is 13.8. The summed E-state index contributed by atoms with van der Waals surface area (Å²) in [5.74, 6) is 2.19. The highest BCUT2D eigenvalue weighted by molar-refractivity contribution is 8.10. The monoisotopic (exact) mass is 718 g/mol. The number of carbonyl (C=O) groups excluding carboxylic acids is 1. The molecule has 6 rings (SSSR count). The van der Waals surface area contributed by atoms with Crippen molar-refractivity contribution in [2.45, 2.75) is 22.8 Å². The van der Waals surface area contributed by atoms with Gasteiger partial charge >= 0.3 is 0 Å². The van der Waals surface area contributed by atoms with Crippen molar-refractivity contribution in [3.05, 3.63) is 114 Å². The number of hydrogen-bond acceptors (Lipinski definition) is 10. The molecule has 0 spiro atoms. The van der Waals surface area contributed by atoms with E-state index >= 15 is 0 Å². The van der Waals surface area contributed by atoms with E-state index in [1.54, 1.807) is 31.3 Å². The Morgan fingerprint density at radius 1 is 0.660 bits per heavy atom. The first kappa shape index (κ1) is 34.4. The number of furan rings is 1. The Morgan fingerprint density at radius 2 is 1.18 bits per heavy atom. The molecule has 0 radical (unpaired) electrons. The fourth-order valence-corrected chi connectivity index (χ4v) is 9.35. The SMILES string of the molecule is COc1ccc(S(=O)(=O)N(c2ccc(-c3ccc(C(=O)N4CCc5cc(OC)c(OC)cc5C4)o3)cc2)S(=O)(=O)c2ccc(OC)cc2)cc1. The molecule has 2 heterocycles. The minimum absolute atomic E-state index is 0.124. The van der Waals surface area contributed by atoms with Crippen LogP contribution in [0.1, 0.15) is 21.7 Å². The summed E-state index contributed by atoms with van der Waals surface area (Å²) in [6.07, 6.45) is 0.631. The first-order valence-electron chi connectivity index (χ1n) is 15.3. The molecule has 0 fully saturated rings. The van der Waals surface area contributed by atoms with Gasteiger partial charge in [0.1, 0.15) is 17.3 Å². The zero-order valence-electron chi connectivity index (χ0n) is 27.7. The lowest BCUT2D eigenvalue weighted by molar-refractivity contribution is 0.0703. The molecule has 0 aliphatic carbocycles. The van der Waals surface area contributed by atoms with Crippen LogP contribution < -0.4 is 22.7 Å². The van der Waals surface area contributed by atoms with E-state index in [1.165, 1.54) is 87.0 Å². The van der Waals surface area contributed by atoms with Gasteiger partial charge in [0.2, 0.25) is 0 Å². The molecule has 50 heavy (non-hydrogen) atoms. The maximum atomic E-state index is 14.0. The lowest BCUT2D eigenvalue weighted by Crippen LogP contribution is -2.37. The van der Waals surface area contributed by atoms with Crippen molar-refractivity contribution in [3.8, 4) is 34.3 Å². The number of fused-ring (bicyclic) bond motifs is 1. The van der Waals surface area contributed by atoms with E-state index in [9.17, 15) is 21.6 Å². The average molecular weight is 719 g/mol. The molecule has 0 atom stereocenters. The summed E-state index contributed by atoms with van der Waals surface area (Å²) < 4.78 is 83.5. The van der Waals surface area contributed by atoms with E-state index in [1.807, 2.05) is 12.1 Å². The zero-order valence-corrected chi connectivity index (χ0v) is 29.3. The first-order chi connectivity index (χ1) is 24.0. The zero-order chi connectivity index (χ0) is 35.6. The summed E-state index contributed by atoms with van der Waals surface area (Å²) in [6.45, 7) is 0.841. The number of nitrogens with zero attached hydrogens (tertiary/aromatic N) is 2. The number of sulfonamides is 2. The number of hydrogen-bond donors (Lipinski definition) is 0. The van der Waals surface area contributed by atoms with Crippen molar-refractivity contribution in [3.63, 3.8) is 0 Å². The van der Waals surface area contributed by atoms with E-state index in [-0.39, 0.29) is 27.1 Å². The van der Waals surface area contributed by atoms with Crippen molar-refractivity contribution < 1.29 is 45.0 Å². The summed E-state index contributed by atoms with van der Waals surface area (Å²) in [4.78, 5) is 14.6. The highest BCUT2D eigenvalue weighted by Gasteiger charge is 2.37. The number of anilines is 1. The summed E-state index contributed by atoms with van der Waals surface area (Å²) >= 11 is 0. The lowest BCUT2D eigenvalue weighted by Gasteiger charge is -2.29. The van der Waals surface area contributed by atoms with Gasteiger partial charge in [0.05, 0.1) is 43.9 Å². The van der Waals surface area contributed by atoms with Crippen LogP contribution in [0.2, 0.25) is 0 Å². The number of ether oxygens (including phenoxy) is 4. The van der Waals surface area contributed by atoms with E-state index < -0.39 is 20.0 Å². The van der Waals surface area contributed by atoms with Crippen LogP contribution in [-0.2, 0) is 33.0 Å². The number of amides is 1. The molecule has 1 aromatic heterocycles. The molecular formula is C36H34N2O10S2. The first-order valence-corrected chi connectivity index (χ1v) is 18.2. The maximum Gasteiger partial charge on any atom is 0.289 e. The topological polar surface area (TPSA) is 142 Å². The second-order valence-electron chi connectivity index (χ2n) is 11.2. The van der Waals surface area contributed by atoms with Gasteiger partial charge in [0, 0.05) is 18.7 Å². The summed E-state index contributed by atoms with van der Waals surface area (Å²) in [6, 6.07) is 23.6. The molecule has 0 unspecified atom stereocenters. The Labute approximate surface area is 290 Å². The minimum Gasteiger partial charge on any atom is -0.497 e. The molecular weight excluding hydrogens is 685 g/mol. The average Bonchev–Trinajstić information content (AvgIpc) is 3.64. The van der Waals surface area contributed by atoms with Crippen molar-refractivity contribution >= 4 is 31.6 Å². The molecule has 1 amide bonds. The fourth-order valence-electron chi connectivity index (χ4n) is 5.66. The summed E-state index contributed by atoms with van der Waals surface area (Å²) in [5.41, 5.74) is 2.38. The number of carbonyl (C=O) groups is 1. The van der Waals surface area contributed by atoms with Gasteiger partial charge in [-0.2, -0.15) is 3.71 Å². The van der Waals surface area contributed by atoms with E-state index in [0.717, 1.165) is 11.1 Å². The largest absolute Gasteiger partial charge is 0.497 e. The van der Waals surface area contributed by atoms with Crippen LogP contribution in [0.5, 0.6) is 23.0 Å². The molecule has 14 heteroatoms. The molecule has 0 saturated carbocycles. The van der Waals surface area contributed by atoms with Crippen LogP contribution in [0.4, 0.5) is 5.69 Å². The smallest absolute Gasteiger partial charge is 0.289 e. The molecule has 4 aromatic carbocycles. The highest BCUT2D eigenvalue weighted by atomic mass is 32.3. The van der Waals surface area contributed by atoms with Gasteiger partial charge in [0.25, 0.3) is 26.0 Å². The Kier molecular flexibility index (Phi) is 9.49. The summed E-state index contributed by atoms with van der Waals surface area (Å²) in [7, 11) is -3.30. The number of methoxy groups -OCH3 is 4. The lowest BCUT2D eigenvalue weighted by atomic mass is 9.98.